The van der Waals surface area contributed by atoms with Crippen molar-refractivity contribution in [1.82, 2.24) is 20.1 Å². The van der Waals surface area contributed by atoms with Crippen molar-refractivity contribution in [1.29, 1.82) is 0 Å². The van der Waals surface area contributed by atoms with Gasteiger partial charge in [-0.15, -0.1) is 10.2 Å². The first-order chi connectivity index (χ1) is 13.2. The summed E-state index contributed by atoms with van der Waals surface area (Å²) in [5.41, 5.74) is 1.67. The fourth-order valence-corrected chi connectivity index (χ4v) is 3.92. The minimum Gasteiger partial charge on any atom is -0.343 e. The first-order valence-corrected chi connectivity index (χ1v) is 9.52. The fourth-order valence-electron chi connectivity index (χ4n) is 3.00. The number of halogens is 1. The minimum absolute atomic E-state index is 0.0336. The quantitative estimate of drug-likeness (QED) is 0.693. The molecule has 6 nitrogen and oxygen atoms in total. The number of carbonyl (C=O) groups excluding carboxylic acids is 1. The van der Waals surface area contributed by atoms with Gasteiger partial charge in [0.15, 0.2) is 0 Å². The van der Waals surface area contributed by atoms with Crippen molar-refractivity contribution in [3.05, 3.63) is 70.7 Å². The molecule has 0 unspecified atom stereocenters. The molecule has 0 spiro atoms. The average molecular weight is 383 g/mol. The van der Waals surface area contributed by atoms with Crippen molar-refractivity contribution < 1.29 is 9.18 Å². The number of piperazine rings is 1. The molecule has 1 aliphatic heterocycles. The lowest BCUT2D eigenvalue weighted by Crippen LogP contribution is -2.48. The molecular weight excluding hydrogens is 365 g/mol. The molecule has 1 aromatic carbocycles. The number of aromatic nitrogens is 3. The molecule has 1 amide bonds. The zero-order chi connectivity index (χ0) is 18.6. The van der Waals surface area contributed by atoms with Gasteiger partial charge < -0.3 is 9.80 Å². The van der Waals surface area contributed by atoms with Crippen LogP contribution in [0.5, 0.6) is 0 Å². The second kappa shape index (κ2) is 7.79. The normalized spacial score (nSPS) is 14.4. The molecule has 3 aromatic rings. The van der Waals surface area contributed by atoms with Crippen molar-refractivity contribution in [2.24, 2.45) is 0 Å². The Morgan fingerprint density at radius 3 is 2.41 bits per heavy atom. The molecule has 0 saturated carbocycles. The number of rotatable bonds is 4. The molecule has 2 aromatic heterocycles. The van der Waals surface area contributed by atoms with Gasteiger partial charge in [0, 0.05) is 50.6 Å². The van der Waals surface area contributed by atoms with Crippen LogP contribution in [0.2, 0.25) is 0 Å². The van der Waals surface area contributed by atoms with Crippen LogP contribution >= 0.6 is 11.3 Å². The fraction of sp³-hybridized carbons (Fsp3) is 0.263. The maximum absolute atomic E-state index is 13.0. The lowest BCUT2D eigenvalue weighted by Gasteiger charge is -2.34. The summed E-state index contributed by atoms with van der Waals surface area (Å²) >= 11 is 1.54. The standard InChI is InChI=1S/C19H18FN5OS/c20-16-3-1-14(2-4-16)13-17-22-23-19(27-17)25-11-9-24(10-12-25)18(26)15-5-7-21-8-6-15/h1-8H,9-13H2. The highest BCUT2D eigenvalue weighted by atomic mass is 32.1. The first kappa shape index (κ1) is 17.5. The largest absolute Gasteiger partial charge is 0.343 e. The van der Waals surface area contributed by atoms with Crippen molar-refractivity contribution in [2.45, 2.75) is 6.42 Å². The van der Waals surface area contributed by atoms with Crippen LogP contribution in [0.4, 0.5) is 9.52 Å². The van der Waals surface area contributed by atoms with Crippen molar-refractivity contribution in [3.8, 4) is 0 Å². The topological polar surface area (TPSA) is 62.2 Å². The van der Waals surface area contributed by atoms with Crippen molar-refractivity contribution in [2.75, 3.05) is 31.1 Å². The SMILES string of the molecule is O=C(c1ccncc1)N1CCN(c2nnc(Cc3ccc(F)cc3)s2)CC1. The minimum atomic E-state index is -0.240. The summed E-state index contributed by atoms with van der Waals surface area (Å²) in [4.78, 5) is 20.5. The van der Waals surface area contributed by atoms with E-state index in [0.717, 1.165) is 28.8 Å². The van der Waals surface area contributed by atoms with Gasteiger partial charge in [0.25, 0.3) is 5.91 Å². The number of amides is 1. The summed E-state index contributed by atoms with van der Waals surface area (Å²) < 4.78 is 13.0. The third-order valence-corrected chi connectivity index (χ3v) is 5.47. The highest BCUT2D eigenvalue weighted by Crippen LogP contribution is 2.24. The van der Waals surface area contributed by atoms with E-state index in [2.05, 4.69) is 20.1 Å². The number of hydrogen-bond donors (Lipinski definition) is 0. The predicted molar refractivity (Wildman–Crippen MR) is 101 cm³/mol. The molecule has 138 valence electrons. The number of hydrogen-bond acceptors (Lipinski definition) is 6. The Morgan fingerprint density at radius 2 is 1.70 bits per heavy atom. The highest BCUT2D eigenvalue weighted by molar-refractivity contribution is 7.15. The lowest BCUT2D eigenvalue weighted by molar-refractivity contribution is 0.0746. The van der Waals surface area contributed by atoms with Crippen LogP contribution in [0.25, 0.3) is 0 Å². The first-order valence-electron chi connectivity index (χ1n) is 8.70. The lowest BCUT2D eigenvalue weighted by atomic mass is 10.2. The Bertz CT molecular complexity index is 907. The molecule has 0 radical (unpaired) electrons. The van der Waals surface area contributed by atoms with Crippen LogP contribution in [0, 0.1) is 5.82 Å². The summed E-state index contributed by atoms with van der Waals surface area (Å²) in [5, 5.41) is 10.3. The van der Waals surface area contributed by atoms with E-state index in [0.29, 0.717) is 25.1 Å². The van der Waals surface area contributed by atoms with Gasteiger partial charge in [-0.1, -0.05) is 23.5 Å². The van der Waals surface area contributed by atoms with Gasteiger partial charge in [-0.05, 0) is 29.8 Å². The van der Waals surface area contributed by atoms with Gasteiger partial charge in [-0.25, -0.2) is 4.39 Å². The van der Waals surface area contributed by atoms with Gasteiger partial charge in [0.2, 0.25) is 5.13 Å². The van der Waals surface area contributed by atoms with Crippen molar-refractivity contribution >= 4 is 22.4 Å². The Hall–Kier alpha value is -2.87. The Labute approximate surface area is 160 Å². The molecule has 3 heterocycles. The van der Waals surface area contributed by atoms with Crippen molar-refractivity contribution in [3.63, 3.8) is 0 Å². The molecule has 1 aliphatic rings. The second-order valence-corrected chi connectivity index (χ2v) is 7.34. The average Bonchev–Trinajstić information content (AvgIpc) is 3.18. The molecule has 0 bridgehead atoms. The number of anilines is 1. The number of carbonyl (C=O) groups is 1. The summed E-state index contributed by atoms with van der Waals surface area (Å²) in [6, 6.07) is 9.91. The Morgan fingerprint density at radius 1 is 1.00 bits per heavy atom. The highest BCUT2D eigenvalue weighted by Gasteiger charge is 2.24. The molecule has 0 N–H and O–H groups in total. The number of nitrogens with zero attached hydrogens (tertiary/aromatic N) is 5. The zero-order valence-corrected chi connectivity index (χ0v) is 15.4. The smallest absolute Gasteiger partial charge is 0.254 e. The van der Waals surface area contributed by atoms with Crippen LogP contribution in [0.15, 0.2) is 48.8 Å². The van der Waals surface area contributed by atoms with Crippen LogP contribution < -0.4 is 4.90 Å². The Balaban J connectivity index is 1.35. The Kier molecular flexibility index (Phi) is 5.06. The molecule has 27 heavy (non-hydrogen) atoms. The van der Waals surface area contributed by atoms with Gasteiger partial charge >= 0.3 is 0 Å². The molecule has 4 rings (SSSR count). The van der Waals surface area contributed by atoms with E-state index in [1.165, 1.54) is 12.1 Å². The van der Waals surface area contributed by atoms with E-state index in [9.17, 15) is 9.18 Å². The predicted octanol–water partition coefficient (Wildman–Crippen LogP) is 2.63. The number of benzene rings is 1. The van der Waals surface area contributed by atoms with E-state index in [1.54, 1.807) is 48.0 Å². The van der Waals surface area contributed by atoms with Gasteiger partial charge in [-0.3, -0.25) is 9.78 Å². The molecular formula is C19H18FN5OS. The van der Waals surface area contributed by atoms with E-state index >= 15 is 0 Å². The molecule has 1 fully saturated rings. The molecule has 1 saturated heterocycles. The van der Waals surface area contributed by atoms with Gasteiger partial charge in [0.05, 0.1) is 0 Å². The third kappa shape index (κ3) is 4.11. The summed E-state index contributed by atoms with van der Waals surface area (Å²) in [5.74, 6) is -0.206. The molecule has 0 aliphatic carbocycles. The zero-order valence-electron chi connectivity index (χ0n) is 14.6. The van der Waals surface area contributed by atoms with E-state index < -0.39 is 0 Å². The van der Waals surface area contributed by atoms with Crippen LogP contribution in [-0.2, 0) is 6.42 Å². The number of pyridine rings is 1. The maximum Gasteiger partial charge on any atom is 0.254 e. The van der Waals surface area contributed by atoms with Crippen LogP contribution in [-0.4, -0.2) is 52.2 Å². The molecule has 0 atom stereocenters. The van der Waals surface area contributed by atoms with Crippen LogP contribution in [0.3, 0.4) is 0 Å². The van der Waals surface area contributed by atoms with E-state index in [1.807, 2.05) is 4.90 Å². The summed E-state index contributed by atoms with van der Waals surface area (Å²) in [6.45, 7) is 2.74. The summed E-state index contributed by atoms with van der Waals surface area (Å²) in [6.07, 6.45) is 3.90. The van der Waals surface area contributed by atoms with Gasteiger partial charge in [0.1, 0.15) is 10.8 Å². The monoisotopic (exact) mass is 383 g/mol. The van der Waals surface area contributed by atoms with Crippen LogP contribution in [0.1, 0.15) is 20.9 Å². The van der Waals surface area contributed by atoms with E-state index in [-0.39, 0.29) is 11.7 Å². The van der Waals surface area contributed by atoms with Gasteiger partial charge in [-0.2, -0.15) is 0 Å². The molecule has 8 heteroatoms. The maximum atomic E-state index is 13.0. The summed E-state index contributed by atoms with van der Waals surface area (Å²) in [7, 11) is 0. The third-order valence-electron chi connectivity index (χ3n) is 4.49. The second-order valence-electron chi connectivity index (χ2n) is 6.30. The van der Waals surface area contributed by atoms with E-state index in [4.69, 9.17) is 0 Å².